The van der Waals surface area contributed by atoms with Crippen molar-refractivity contribution in [1.82, 2.24) is 4.90 Å². The molecule has 2 aliphatic carbocycles. The van der Waals surface area contributed by atoms with E-state index < -0.39 is 0 Å². The predicted molar refractivity (Wildman–Crippen MR) is 128 cm³/mol. The third-order valence-electron chi connectivity index (χ3n) is 8.71. The van der Waals surface area contributed by atoms with Crippen molar-refractivity contribution in [3.05, 3.63) is 70.8 Å². The van der Waals surface area contributed by atoms with Gasteiger partial charge in [-0.3, -0.25) is 4.90 Å². The summed E-state index contributed by atoms with van der Waals surface area (Å²) in [5.74, 6) is 0.122. The molecule has 0 heterocycles. The molecule has 0 aliphatic heterocycles. The zero-order valence-electron chi connectivity index (χ0n) is 20.4. The molecule has 2 aromatic rings. The summed E-state index contributed by atoms with van der Waals surface area (Å²) in [6.45, 7) is 8.98. The number of fused-ring (bicyclic) bond motifs is 2. The van der Waals surface area contributed by atoms with Crippen LogP contribution in [-0.4, -0.2) is 37.1 Å². The minimum absolute atomic E-state index is 0.260. The number of rotatable bonds is 7. The highest BCUT2D eigenvalue weighted by atomic mass is 16.5. The van der Waals surface area contributed by atoms with Gasteiger partial charge < -0.3 is 9.47 Å². The molecule has 3 atom stereocenters. The molecule has 0 saturated heterocycles. The van der Waals surface area contributed by atoms with Gasteiger partial charge in [0.05, 0.1) is 25.3 Å². The maximum Gasteiger partial charge on any atom is 0.337 e. The maximum atomic E-state index is 11.8. The van der Waals surface area contributed by atoms with Crippen molar-refractivity contribution < 1.29 is 19.1 Å². The third kappa shape index (κ3) is 4.19. The SMILES string of the molecule is COC(=O)c1ccc(CN(Cc2ccc(C(=O)OC)cc2)C2CC3CCC2(C)C3(C)C)cc1. The molecule has 2 aliphatic rings. The molecule has 0 aromatic heterocycles. The monoisotopic (exact) mass is 449 g/mol. The second-order valence-electron chi connectivity index (χ2n) is 10.4. The average molecular weight is 450 g/mol. The van der Waals surface area contributed by atoms with Gasteiger partial charge in [0.25, 0.3) is 0 Å². The van der Waals surface area contributed by atoms with Crippen molar-refractivity contribution in [3.63, 3.8) is 0 Å². The van der Waals surface area contributed by atoms with E-state index in [1.807, 2.05) is 48.5 Å². The first kappa shape index (κ1) is 23.5. The van der Waals surface area contributed by atoms with E-state index in [-0.39, 0.29) is 17.4 Å². The Morgan fingerprint density at radius 2 is 1.30 bits per heavy atom. The Kier molecular flexibility index (Phi) is 6.37. The van der Waals surface area contributed by atoms with E-state index in [2.05, 4.69) is 25.7 Å². The Bertz CT molecular complexity index is 950. The molecule has 2 bridgehead atoms. The molecular formula is C28H35NO4. The molecule has 0 spiro atoms. The standard InChI is InChI=1S/C28H35NO4/c1-27(2)23-14-15-28(27,3)24(16-23)29(17-19-6-10-21(11-7-19)25(30)32-4)18-20-8-12-22(13-9-20)26(31)33-5/h6-13,23-24H,14-18H2,1-5H3. The molecule has 5 nitrogen and oxygen atoms in total. The van der Waals surface area contributed by atoms with Crippen molar-refractivity contribution in [2.45, 2.75) is 59.2 Å². The predicted octanol–water partition coefficient (Wildman–Crippen LogP) is 5.48. The molecule has 4 rings (SSSR count). The zero-order valence-corrected chi connectivity index (χ0v) is 20.4. The van der Waals surface area contributed by atoms with E-state index in [0.29, 0.717) is 22.6 Å². The third-order valence-corrected chi connectivity index (χ3v) is 8.71. The molecule has 2 saturated carbocycles. The Labute approximate surface area is 197 Å². The largest absolute Gasteiger partial charge is 0.465 e. The molecule has 3 unspecified atom stereocenters. The molecular weight excluding hydrogens is 414 g/mol. The van der Waals surface area contributed by atoms with E-state index in [0.717, 1.165) is 19.0 Å². The summed E-state index contributed by atoms with van der Waals surface area (Å²) in [7, 11) is 2.81. The molecule has 33 heavy (non-hydrogen) atoms. The summed E-state index contributed by atoms with van der Waals surface area (Å²) >= 11 is 0. The lowest BCUT2D eigenvalue weighted by atomic mass is 9.68. The molecule has 0 radical (unpaired) electrons. The highest BCUT2D eigenvalue weighted by molar-refractivity contribution is 5.89. The number of hydrogen-bond donors (Lipinski definition) is 0. The molecule has 0 amide bonds. The van der Waals surface area contributed by atoms with Crippen LogP contribution in [0.4, 0.5) is 0 Å². The summed E-state index contributed by atoms with van der Waals surface area (Å²) in [5.41, 5.74) is 4.07. The van der Waals surface area contributed by atoms with Crippen molar-refractivity contribution in [2.75, 3.05) is 14.2 Å². The first-order valence-electron chi connectivity index (χ1n) is 11.8. The first-order chi connectivity index (χ1) is 15.7. The zero-order chi connectivity index (χ0) is 23.8. The second kappa shape index (κ2) is 8.94. The van der Waals surface area contributed by atoms with Crippen LogP contribution in [0, 0.1) is 16.7 Å². The number of benzene rings is 2. The first-order valence-corrected chi connectivity index (χ1v) is 11.8. The fourth-order valence-corrected chi connectivity index (χ4v) is 6.19. The second-order valence-corrected chi connectivity index (χ2v) is 10.4. The van der Waals surface area contributed by atoms with Gasteiger partial charge in [0, 0.05) is 19.1 Å². The van der Waals surface area contributed by atoms with Gasteiger partial charge in [-0.2, -0.15) is 0 Å². The number of esters is 2. The van der Waals surface area contributed by atoms with Crippen LogP contribution in [0.5, 0.6) is 0 Å². The summed E-state index contributed by atoms with van der Waals surface area (Å²) in [6, 6.07) is 16.0. The van der Waals surface area contributed by atoms with Gasteiger partial charge in [-0.15, -0.1) is 0 Å². The number of ether oxygens (including phenoxy) is 2. The van der Waals surface area contributed by atoms with Crippen molar-refractivity contribution in [1.29, 1.82) is 0 Å². The van der Waals surface area contributed by atoms with Crippen LogP contribution in [0.1, 0.15) is 71.9 Å². The van der Waals surface area contributed by atoms with Crippen LogP contribution in [0.3, 0.4) is 0 Å². The van der Waals surface area contributed by atoms with Gasteiger partial charge in [-0.1, -0.05) is 45.0 Å². The normalized spacial score (nSPS) is 25.3. The maximum absolute atomic E-state index is 11.8. The number of methoxy groups -OCH3 is 2. The van der Waals surface area contributed by atoms with Crippen LogP contribution in [0.25, 0.3) is 0 Å². The van der Waals surface area contributed by atoms with E-state index in [4.69, 9.17) is 9.47 Å². The fourth-order valence-electron chi connectivity index (χ4n) is 6.19. The minimum Gasteiger partial charge on any atom is -0.465 e. The molecule has 2 aromatic carbocycles. The van der Waals surface area contributed by atoms with Crippen molar-refractivity contribution in [3.8, 4) is 0 Å². The fraction of sp³-hybridized carbons (Fsp3) is 0.500. The molecule has 2 fully saturated rings. The summed E-state index contributed by atoms with van der Waals surface area (Å²) in [6.07, 6.45) is 3.79. The highest BCUT2D eigenvalue weighted by Crippen LogP contribution is 2.66. The van der Waals surface area contributed by atoms with E-state index in [1.54, 1.807) is 0 Å². The van der Waals surface area contributed by atoms with Crippen molar-refractivity contribution in [2.24, 2.45) is 16.7 Å². The van der Waals surface area contributed by atoms with Crippen LogP contribution in [0.15, 0.2) is 48.5 Å². The van der Waals surface area contributed by atoms with Gasteiger partial charge in [-0.05, 0) is 71.4 Å². The van der Waals surface area contributed by atoms with Gasteiger partial charge >= 0.3 is 11.9 Å². The van der Waals surface area contributed by atoms with Crippen LogP contribution < -0.4 is 0 Å². The van der Waals surface area contributed by atoms with Gasteiger partial charge in [0.2, 0.25) is 0 Å². The number of nitrogens with zero attached hydrogens (tertiary/aromatic N) is 1. The quantitative estimate of drug-likeness (QED) is 0.524. The number of hydrogen-bond acceptors (Lipinski definition) is 5. The van der Waals surface area contributed by atoms with Crippen LogP contribution >= 0.6 is 0 Å². The van der Waals surface area contributed by atoms with Crippen molar-refractivity contribution >= 4 is 11.9 Å². The Morgan fingerprint density at radius 3 is 1.64 bits per heavy atom. The summed E-state index contributed by atoms with van der Waals surface area (Å²) < 4.78 is 9.68. The number of carbonyl (C=O) groups excluding carboxylic acids is 2. The van der Waals surface area contributed by atoms with E-state index >= 15 is 0 Å². The lowest BCUT2D eigenvalue weighted by molar-refractivity contribution is 0.0332. The Hall–Kier alpha value is -2.66. The van der Waals surface area contributed by atoms with Crippen LogP contribution in [0.2, 0.25) is 0 Å². The van der Waals surface area contributed by atoms with Gasteiger partial charge in [-0.25, -0.2) is 9.59 Å². The molecule has 0 N–H and O–H groups in total. The lowest BCUT2D eigenvalue weighted by Crippen LogP contribution is -2.46. The topological polar surface area (TPSA) is 55.8 Å². The smallest absolute Gasteiger partial charge is 0.337 e. The summed E-state index contributed by atoms with van der Waals surface area (Å²) in [4.78, 5) is 26.3. The average Bonchev–Trinajstić information content (AvgIpc) is 3.17. The lowest BCUT2D eigenvalue weighted by Gasteiger charge is -2.45. The molecule has 5 heteroatoms. The Morgan fingerprint density at radius 1 is 0.848 bits per heavy atom. The molecule has 176 valence electrons. The summed E-state index contributed by atoms with van der Waals surface area (Å²) in [5, 5.41) is 0. The minimum atomic E-state index is -0.313. The highest BCUT2D eigenvalue weighted by Gasteiger charge is 2.62. The Balaban J connectivity index is 1.60. The van der Waals surface area contributed by atoms with E-state index in [9.17, 15) is 9.59 Å². The van der Waals surface area contributed by atoms with Gasteiger partial charge in [0.1, 0.15) is 0 Å². The van der Waals surface area contributed by atoms with E-state index in [1.165, 1.54) is 44.6 Å². The van der Waals surface area contributed by atoms with Crippen LogP contribution in [-0.2, 0) is 22.6 Å². The van der Waals surface area contributed by atoms with Gasteiger partial charge in [0.15, 0.2) is 0 Å². The number of carbonyl (C=O) groups is 2.